The van der Waals surface area contributed by atoms with Gasteiger partial charge in [-0.15, -0.1) is 0 Å². The van der Waals surface area contributed by atoms with Gasteiger partial charge in [0.2, 0.25) is 5.89 Å². The Morgan fingerprint density at radius 2 is 1.59 bits per heavy atom. The van der Waals surface area contributed by atoms with Gasteiger partial charge in [-0.2, -0.15) is 4.98 Å². The SMILES string of the molecule is CN(Cc1cc(-c2ccccc2)on1)Cc1nc(Cc2ccccc2)no1. The summed E-state index contributed by atoms with van der Waals surface area (Å²) in [7, 11) is 1.98. The van der Waals surface area contributed by atoms with Crippen LogP contribution in [0.4, 0.5) is 0 Å². The van der Waals surface area contributed by atoms with Crippen LogP contribution in [0.3, 0.4) is 0 Å². The van der Waals surface area contributed by atoms with Gasteiger partial charge in [0.05, 0.1) is 12.2 Å². The summed E-state index contributed by atoms with van der Waals surface area (Å²) in [4.78, 5) is 6.54. The first kappa shape index (κ1) is 17.2. The summed E-state index contributed by atoms with van der Waals surface area (Å²) in [6.07, 6.45) is 0.664. The van der Waals surface area contributed by atoms with E-state index in [1.807, 2.05) is 61.6 Å². The first-order chi connectivity index (χ1) is 13.3. The molecule has 0 aliphatic rings. The van der Waals surface area contributed by atoms with Crippen LogP contribution < -0.4 is 0 Å². The third-order valence-corrected chi connectivity index (χ3v) is 4.17. The highest BCUT2D eigenvalue weighted by Gasteiger charge is 2.13. The van der Waals surface area contributed by atoms with Crippen molar-refractivity contribution in [2.24, 2.45) is 0 Å². The first-order valence-corrected chi connectivity index (χ1v) is 8.81. The van der Waals surface area contributed by atoms with E-state index in [2.05, 4.69) is 32.3 Å². The van der Waals surface area contributed by atoms with Crippen molar-refractivity contribution in [2.45, 2.75) is 19.5 Å². The first-order valence-electron chi connectivity index (χ1n) is 8.81. The molecular formula is C21H20N4O2. The number of aromatic nitrogens is 3. The molecule has 0 N–H and O–H groups in total. The molecule has 0 amide bonds. The Morgan fingerprint density at radius 3 is 2.37 bits per heavy atom. The highest BCUT2D eigenvalue weighted by molar-refractivity contribution is 5.56. The largest absolute Gasteiger partial charge is 0.356 e. The number of hydrogen-bond acceptors (Lipinski definition) is 6. The minimum Gasteiger partial charge on any atom is -0.356 e. The lowest BCUT2D eigenvalue weighted by atomic mass is 10.1. The smallest absolute Gasteiger partial charge is 0.240 e. The van der Waals surface area contributed by atoms with Gasteiger partial charge in [0.15, 0.2) is 11.6 Å². The van der Waals surface area contributed by atoms with Crippen molar-refractivity contribution in [3.8, 4) is 11.3 Å². The molecule has 0 atom stereocenters. The van der Waals surface area contributed by atoms with Crippen molar-refractivity contribution >= 4 is 0 Å². The fourth-order valence-corrected chi connectivity index (χ4v) is 2.89. The van der Waals surface area contributed by atoms with Crippen molar-refractivity contribution in [1.29, 1.82) is 0 Å². The zero-order valence-electron chi connectivity index (χ0n) is 15.1. The Kier molecular flexibility index (Phi) is 5.07. The minimum absolute atomic E-state index is 0.551. The molecule has 4 rings (SSSR count). The molecule has 0 spiro atoms. The summed E-state index contributed by atoms with van der Waals surface area (Å²) < 4.78 is 10.8. The summed E-state index contributed by atoms with van der Waals surface area (Å²) in [5.41, 5.74) is 3.04. The number of nitrogens with zero attached hydrogens (tertiary/aromatic N) is 4. The molecule has 0 saturated heterocycles. The zero-order chi connectivity index (χ0) is 18.5. The normalized spacial score (nSPS) is 11.2. The third kappa shape index (κ3) is 4.48. The second kappa shape index (κ2) is 7.97. The Morgan fingerprint density at radius 1 is 0.852 bits per heavy atom. The molecule has 0 radical (unpaired) electrons. The molecule has 6 nitrogen and oxygen atoms in total. The second-order valence-corrected chi connectivity index (χ2v) is 6.49. The van der Waals surface area contributed by atoms with Gasteiger partial charge in [-0.1, -0.05) is 71.0 Å². The average Bonchev–Trinajstić information content (AvgIpc) is 3.33. The molecule has 4 aromatic rings. The van der Waals surface area contributed by atoms with Gasteiger partial charge < -0.3 is 9.05 Å². The van der Waals surface area contributed by atoms with E-state index in [9.17, 15) is 0 Å². The van der Waals surface area contributed by atoms with E-state index in [0.29, 0.717) is 31.2 Å². The molecule has 0 unspecified atom stereocenters. The third-order valence-electron chi connectivity index (χ3n) is 4.17. The van der Waals surface area contributed by atoms with Crippen LogP contribution in [0, 0.1) is 0 Å². The fourth-order valence-electron chi connectivity index (χ4n) is 2.89. The highest BCUT2D eigenvalue weighted by Crippen LogP contribution is 2.20. The van der Waals surface area contributed by atoms with Gasteiger partial charge in [0.1, 0.15) is 0 Å². The maximum Gasteiger partial charge on any atom is 0.240 e. The summed E-state index contributed by atoms with van der Waals surface area (Å²) in [6, 6.07) is 22.0. The number of benzene rings is 2. The maximum absolute atomic E-state index is 5.44. The van der Waals surface area contributed by atoms with E-state index in [0.717, 1.165) is 22.6 Å². The predicted octanol–water partition coefficient (Wildman–Crippen LogP) is 3.95. The minimum atomic E-state index is 0.551. The Labute approximate surface area is 157 Å². The molecule has 136 valence electrons. The molecule has 0 aliphatic heterocycles. The van der Waals surface area contributed by atoms with Crippen LogP contribution in [0.1, 0.15) is 23.0 Å². The van der Waals surface area contributed by atoms with Crippen LogP contribution in [0.2, 0.25) is 0 Å². The van der Waals surface area contributed by atoms with E-state index in [-0.39, 0.29) is 0 Å². The fraction of sp³-hybridized carbons (Fsp3) is 0.190. The lowest BCUT2D eigenvalue weighted by molar-refractivity contribution is 0.254. The van der Waals surface area contributed by atoms with Crippen molar-refractivity contribution in [3.63, 3.8) is 0 Å². The monoisotopic (exact) mass is 360 g/mol. The van der Waals surface area contributed by atoms with Crippen LogP contribution in [0.5, 0.6) is 0 Å². The van der Waals surface area contributed by atoms with Crippen LogP contribution >= 0.6 is 0 Å². The molecule has 27 heavy (non-hydrogen) atoms. The van der Waals surface area contributed by atoms with Crippen molar-refractivity contribution in [1.82, 2.24) is 20.2 Å². The summed E-state index contributed by atoms with van der Waals surface area (Å²) >= 11 is 0. The zero-order valence-corrected chi connectivity index (χ0v) is 15.1. The average molecular weight is 360 g/mol. The molecule has 2 heterocycles. The number of rotatable bonds is 7. The standard InChI is InChI=1S/C21H20N4O2/c1-25(14-18-13-19(26-23-18)17-10-6-3-7-11-17)15-21-22-20(24-27-21)12-16-8-4-2-5-9-16/h2-11,13H,12,14-15H2,1H3. The van der Waals surface area contributed by atoms with Crippen LogP contribution in [0.25, 0.3) is 11.3 Å². The quantitative estimate of drug-likeness (QED) is 0.497. The predicted molar refractivity (Wildman–Crippen MR) is 101 cm³/mol. The van der Waals surface area contributed by atoms with Gasteiger partial charge in [0, 0.05) is 24.6 Å². The molecule has 0 fully saturated rings. The van der Waals surface area contributed by atoms with E-state index in [1.165, 1.54) is 0 Å². The molecule has 0 saturated carbocycles. The molecule has 6 heteroatoms. The Hall–Kier alpha value is -3.25. The van der Waals surface area contributed by atoms with Crippen molar-refractivity contribution in [2.75, 3.05) is 7.05 Å². The topological polar surface area (TPSA) is 68.2 Å². The van der Waals surface area contributed by atoms with Gasteiger partial charge in [-0.05, 0) is 12.6 Å². The summed E-state index contributed by atoms with van der Waals surface area (Å²) in [6.45, 7) is 1.18. The molecular weight excluding hydrogens is 340 g/mol. The maximum atomic E-state index is 5.44. The van der Waals surface area contributed by atoms with E-state index < -0.39 is 0 Å². The van der Waals surface area contributed by atoms with E-state index in [4.69, 9.17) is 9.05 Å². The van der Waals surface area contributed by atoms with Gasteiger partial charge in [0.25, 0.3) is 0 Å². The lowest BCUT2D eigenvalue weighted by Gasteiger charge is -2.11. The highest BCUT2D eigenvalue weighted by atomic mass is 16.5. The Bertz CT molecular complexity index is 980. The summed E-state index contributed by atoms with van der Waals surface area (Å²) in [5, 5.41) is 8.22. The van der Waals surface area contributed by atoms with Crippen LogP contribution in [0.15, 0.2) is 75.8 Å². The molecule has 2 aromatic heterocycles. The molecule has 2 aromatic carbocycles. The molecule has 0 bridgehead atoms. The molecule has 0 aliphatic carbocycles. The van der Waals surface area contributed by atoms with E-state index in [1.54, 1.807) is 0 Å². The second-order valence-electron chi connectivity index (χ2n) is 6.49. The van der Waals surface area contributed by atoms with Crippen LogP contribution in [-0.2, 0) is 19.5 Å². The van der Waals surface area contributed by atoms with Gasteiger partial charge in [-0.25, -0.2) is 0 Å². The van der Waals surface area contributed by atoms with Crippen LogP contribution in [-0.4, -0.2) is 27.2 Å². The van der Waals surface area contributed by atoms with Crippen molar-refractivity contribution < 1.29 is 9.05 Å². The number of hydrogen-bond donors (Lipinski definition) is 0. The van der Waals surface area contributed by atoms with Gasteiger partial charge in [-0.3, -0.25) is 4.90 Å². The van der Waals surface area contributed by atoms with Gasteiger partial charge >= 0.3 is 0 Å². The van der Waals surface area contributed by atoms with E-state index >= 15 is 0 Å². The Balaban J connectivity index is 1.35. The van der Waals surface area contributed by atoms with Crippen molar-refractivity contribution in [3.05, 3.63) is 89.7 Å². The summed E-state index contributed by atoms with van der Waals surface area (Å²) in [5.74, 6) is 2.05. The lowest BCUT2D eigenvalue weighted by Crippen LogP contribution is -2.17.